The molecule has 2 saturated carbocycles. The molecule has 2 fully saturated rings. The lowest BCUT2D eigenvalue weighted by molar-refractivity contribution is -0.122. The van der Waals surface area contributed by atoms with Crippen LogP contribution in [0.3, 0.4) is 0 Å². The number of fused-ring (bicyclic) bond motifs is 1. The topological polar surface area (TPSA) is 131 Å². The standard InChI is InChI=1S/C23H26ClF2N7O2/c24-13-8-9-15(19(26)18(13)25)30-23-31-16-10-28-22(29-14-2-1-3-17(14)34)32-21(16)33(23)12-6-4-11(5-7-12)20(27)35/h8-12,14,17,34H,1-7H2,(H2,27,35)(H,30,31)(H,28,29,32)/t11-,12+,14?,17-/m1/s1. The van der Waals surface area contributed by atoms with Gasteiger partial charge in [-0.15, -0.1) is 0 Å². The molecule has 1 aromatic carbocycles. The number of aromatic nitrogens is 4. The number of hydrogen-bond donors (Lipinski definition) is 4. The van der Waals surface area contributed by atoms with E-state index in [1.807, 2.05) is 4.57 Å². The van der Waals surface area contributed by atoms with Gasteiger partial charge in [0.1, 0.15) is 5.52 Å². The lowest BCUT2D eigenvalue weighted by atomic mass is 9.85. The molecular weight excluding hydrogens is 480 g/mol. The van der Waals surface area contributed by atoms with E-state index in [9.17, 15) is 18.7 Å². The van der Waals surface area contributed by atoms with Gasteiger partial charge in [-0.2, -0.15) is 4.98 Å². The number of halogens is 3. The van der Waals surface area contributed by atoms with Gasteiger partial charge in [0.05, 0.1) is 29.1 Å². The van der Waals surface area contributed by atoms with Crippen molar-refractivity contribution in [1.82, 2.24) is 19.5 Å². The van der Waals surface area contributed by atoms with E-state index in [2.05, 4.69) is 25.6 Å². The van der Waals surface area contributed by atoms with Crippen LogP contribution in [0.4, 0.5) is 26.4 Å². The van der Waals surface area contributed by atoms with E-state index in [-0.39, 0.29) is 40.6 Å². The summed E-state index contributed by atoms with van der Waals surface area (Å²) in [5.74, 6) is -2.16. The molecule has 2 atom stereocenters. The van der Waals surface area contributed by atoms with Gasteiger partial charge in [0.25, 0.3) is 0 Å². The van der Waals surface area contributed by atoms with Crippen molar-refractivity contribution < 1.29 is 18.7 Å². The number of primary amides is 1. The molecule has 2 aromatic heterocycles. The van der Waals surface area contributed by atoms with Crippen LogP contribution >= 0.6 is 11.6 Å². The lowest BCUT2D eigenvalue weighted by Crippen LogP contribution is -2.29. The van der Waals surface area contributed by atoms with Gasteiger partial charge < -0.3 is 21.5 Å². The van der Waals surface area contributed by atoms with Gasteiger partial charge >= 0.3 is 0 Å². The van der Waals surface area contributed by atoms with Gasteiger partial charge in [0, 0.05) is 12.0 Å². The Kier molecular flexibility index (Phi) is 6.45. The second kappa shape index (κ2) is 9.54. The smallest absolute Gasteiger partial charge is 0.225 e. The van der Waals surface area contributed by atoms with Crippen LogP contribution in [0.25, 0.3) is 11.2 Å². The minimum absolute atomic E-state index is 0.0990. The Bertz CT molecular complexity index is 1260. The van der Waals surface area contributed by atoms with Crippen molar-refractivity contribution in [1.29, 1.82) is 0 Å². The summed E-state index contributed by atoms with van der Waals surface area (Å²) in [7, 11) is 0. The Balaban J connectivity index is 1.53. The fourth-order valence-electron chi connectivity index (χ4n) is 5.03. The fraction of sp³-hybridized carbons (Fsp3) is 0.478. The normalized spacial score (nSPS) is 24.6. The Morgan fingerprint density at radius 3 is 2.57 bits per heavy atom. The van der Waals surface area contributed by atoms with Crippen LogP contribution < -0.4 is 16.4 Å². The molecule has 1 unspecified atom stereocenters. The number of imidazole rings is 1. The predicted octanol–water partition coefficient (Wildman–Crippen LogP) is 4.04. The van der Waals surface area contributed by atoms with Crippen molar-refractivity contribution in [3.05, 3.63) is 35.0 Å². The van der Waals surface area contributed by atoms with Crippen molar-refractivity contribution in [3.63, 3.8) is 0 Å². The van der Waals surface area contributed by atoms with E-state index in [1.54, 1.807) is 6.20 Å². The molecular formula is C23H26ClF2N7O2. The third kappa shape index (κ3) is 4.62. The first-order valence-electron chi connectivity index (χ1n) is 11.7. The lowest BCUT2D eigenvalue weighted by Gasteiger charge is -2.29. The molecule has 2 aliphatic rings. The number of hydrogen-bond acceptors (Lipinski definition) is 7. The number of rotatable bonds is 6. The van der Waals surface area contributed by atoms with Crippen molar-refractivity contribution in [2.45, 2.75) is 63.1 Å². The van der Waals surface area contributed by atoms with E-state index in [4.69, 9.17) is 17.3 Å². The number of nitrogens with one attached hydrogen (secondary N) is 2. The largest absolute Gasteiger partial charge is 0.391 e. The predicted molar refractivity (Wildman–Crippen MR) is 127 cm³/mol. The summed E-state index contributed by atoms with van der Waals surface area (Å²) in [4.78, 5) is 25.2. The highest BCUT2D eigenvalue weighted by Crippen LogP contribution is 2.37. The molecule has 0 aliphatic heterocycles. The molecule has 2 aliphatic carbocycles. The average Bonchev–Trinajstić information content (AvgIpc) is 3.41. The second-order valence-corrected chi connectivity index (χ2v) is 9.62. The number of aliphatic hydroxyl groups excluding tert-OH is 1. The number of aliphatic hydroxyl groups is 1. The molecule has 2 heterocycles. The minimum atomic E-state index is -1.15. The van der Waals surface area contributed by atoms with E-state index in [1.165, 1.54) is 12.1 Å². The highest BCUT2D eigenvalue weighted by Gasteiger charge is 2.30. The molecule has 3 aromatic rings. The van der Waals surface area contributed by atoms with E-state index in [0.29, 0.717) is 42.8 Å². The number of benzene rings is 1. The molecule has 5 N–H and O–H groups in total. The maximum atomic E-state index is 14.6. The summed E-state index contributed by atoms with van der Waals surface area (Å²) >= 11 is 5.70. The summed E-state index contributed by atoms with van der Waals surface area (Å²) in [6.45, 7) is 0. The van der Waals surface area contributed by atoms with Gasteiger partial charge in [0.15, 0.2) is 17.3 Å². The SMILES string of the molecule is NC(=O)[C@H]1CC[C@@H](n2c(Nc3ccc(Cl)c(F)c3F)nc3cnc(NC4CCC[C@H]4O)nc32)CC1. The second-order valence-electron chi connectivity index (χ2n) is 9.21. The maximum Gasteiger partial charge on any atom is 0.225 e. The molecule has 9 nitrogen and oxygen atoms in total. The Labute approximate surface area is 205 Å². The maximum absolute atomic E-state index is 14.6. The first-order chi connectivity index (χ1) is 16.8. The molecule has 5 rings (SSSR count). The van der Waals surface area contributed by atoms with Gasteiger partial charge in [-0.3, -0.25) is 9.36 Å². The number of carbonyl (C=O) groups is 1. The summed E-state index contributed by atoms with van der Waals surface area (Å²) in [6, 6.07) is 2.37. The average molecular weight is 506 g/mol. The number of anilines is 3. The summed E-state index contributed by atoms with van der Waals surface area (Å²) in [5, 5.41) is 15.9. The van der Waals surface area contributed by atoms with Gasteiger partial charge in [-0.1, -0.05) is 11.6 Å². The monoisotopic (exact) mass is 505 g/mol. The van der Waals surface area contributed by atoms with Crippen LogP contribution in [0.15, 0.2) is 18.3 Å². The summed E-state index contributed by atoms with van der Waals surface area (Å²) in [5.41, 5.74) is 6.36. The van der Waals surface area contributed by atoms with Crippen LogP contribution in [0.2, 0.25) is 5.02 Å². The fourth-order valence-corrected chi connectivity index (χ4v) is 5.18. The number of nitrogens with two attached hydrogens (primary N) is 1. The van der Waals surface area contributed by atoms with Crippen molar-refractivity contribution >= 4 is 46.3 Å². The van der Waals surface area contributed by atoms with Crippen molar-refractivity contribution in [2.75, 3.05) is 10.6 Å². The number of carbonyl (C=O) groups excluding carboxylic acids is 1. The molecule has 0 spiro atoms. The van der Waals surface area contributed by atoms with E-state index >= 15 is 0 Å². The van der Waals surface area contributed by atoms with E-state index < -0.39 is 17.7 Å². The van der Waals surface area contributed by atoms with Crippen molar-refractivity contribution in [2.24, 2.45) is 11.7 Å². The minimum Gasteiger partial charge on any atom is -0.391 e. The zero-order chi connectivity index (χ0) is 24.7. The molecule has 35 heavy (non-hydrogen) atoms. The highest BCUT2D eigenvalue weighted by atomic mass is 35.5. The molecule has 0 radical (unpaired) electrons. The van der Waals surface area contributed by atoms with E-state index in [0.717, 1.165) is 19.3 Å². The number of amides is 1. The zero-order valence-corrected chi connectivity index (χ0v) is 19.6. The first kappa shape index (κ1) is 23.7. The summed E-state index contributed by atoms with van der Waals surface area (Å²) < 4.78 is 30.5. The van der Waals surface area contributed by atoms with Crippen LogP contribution in [0.1, 0.15) is 51.0 Å². The number of nitrogens with zero attached hydrogens (tertiary/aromatic N) is 4. The highest BCUT2D eigenvalue weighted by molar-refractivity contribution is 6.30. The molecule has 186 valence electrons. The van der Waals surface area contributed by atoms with Crippen LogP contribution in [0.5, 0.6) is 0 Å². The van der Waals surface area contributed by atoms with Gasteiger partial charge in [-0.05, 0) is 57.1 Å². The third-order valence-corrected chi connectivity index (χ3v) is 7.26. The Morgan fingerprint density at radius 2 is 1.89 bits per heavy atom. The molecule has 1 amide bonds. The third-order valence-electron chi connectivity index (χ3n) is 6.97. The quantitative estimate of drug-likeness (QED) is 0.372. The van der Waals surface area contributed by atoms with Crippen LogP contribution in [0, 0.1) is 17.6 Å². The molecule has 0 saturated heterocycles. The molecule has 12 heteroatoms. The Morgan fingerprint density at radius 1 is 1.11 bits per heavy atom. The van der Waals surface area contributed by atoms with Gasteiger partial charge in [0.2, 0.25) is 17.8 Å². The van der Waals surface area contributed by atoms with Crippen LogP contribution in [-0.4, -0.2) is 42.7 Å². The van der Waals surface area contributed by atoms with Crippen LogP contribution in [-0.2, 0) is 4.79 Å². The van der Waals surface area contributed by atoms with Gasteiger partial charge in [-0.25, -0.2) is 18.7 Å². The molecule has 0 bridgehead atoms. The van der Waals surface area contributed by atoms with Crippen molar-refractivity contribution in [3.8, 4) is 0 Å². The zero-order valence-electron chi connectivity index (χ0n) is 18.8. The first-order valence-corrected chi connectivity index (χ1v) is 12.1. The summed E-state index contributed by atoms with van der Waals surface area (Å²) in [6.07, 6.45) is 6.02. The Hall–Kier alpha value is -3.05.